The Morgan fingerprint density at radius 2 is 2.31 bits per heavy atom. The van der Waals surface area contributed by atoms with Gasteiger partial charge in [-0.1, -0.05) is 0 Å². The average molecular weight is 237 g/mol. The third-order valence-electron chi connectivity index (χ3n) is 2.22. The van der Waals surface area contributed by atoms with Gasteiger partial charge < -0.3 is 4.74 Å². The smallest absolute Gasteiger partial charge is 0.357 e. The third-order valence-corrected chi connectivity index (χ3v) is 3.21. The quantitative estimate of drug-likeness (QED) is 0.745. The van der Waals surface area contributed by atoms with Crippen LogP contribution in [-0.2, 0) is 11.8 Å². The van der Waals surface area contributed by atoms with Gasteiger partial charge >= 0.3 is 5.97 Å². The molecule has 2 heterocycles. The maximum atomic E-state index is 11.4. The summed E-state index contributed by atoms with van der Waals surface area (Å²) < 4.78 is 6.38. The average Bonchev–Trinajstić information content (AvgIpc) is 2.83. The Balaban J connectivity index is 2.46. The Kier molecular flexibility index (Phi) is 2.74. The van der Waals surface area contributed by atoms with Crippen LogP contribution in [0.25, 0.3) is 10.7 Å². The summed E-state index contributed by atoms with van der Waals surface area (Å²) in [6, 6.07) is 1.86. The molecule has 0 N–H and O–H groups in total. The molecule has 2 aromatic heterocycles. The van der Waals surface area contributed by atoms with E-state index in [0.29, 0.717) is 5.69 Å². The molecule has 0 atom stereocenters. The van der Waals surface area contributed by atoms with Gasteiger partial charge in [-0.2, -0.15) is 5.10 Å². The molecule has 0 saturated carbocycles. The molecule has 0 saturated heterocycles. The lowest BCUT2D eigenvalue weighted by atomic mass is 10.4. The van der Waals surface area contributed by atoms with Crippen molar-refractivity contribution in [2.75, 3.05) is 7.11 Å². The van der Waals surface area contributed by atoms with Crippen LogP contribution in [0.15, 0.2) is 12.3 Å². The molecule has 2 aromatic rings. The summed E-state index contributed by atoms with van der Waals surface area (Å²) in [7, 11) is 3.19. The monoisotopic (exact) mass is 237 g/mol. The van der Waals surface area contributed by atoms with Crippen LogP contribution in [0.3, 0.4) is 0 Å². The van der Waals surface area contributed by atoms with E-state index in [2.05, 4.69) is 14.8 Å². The number of aryl methyl sites for hydroxylation is 2. The first-order valence-electron chi connectivity index (χ1n) is 4.67. The van der Waals surface area contributed by atoms with Gasteiger partial charge in [-0.25, -0.2) is 9.78 Å². The minimum Gasteiger partial charge on any atom is -0.464 e. The SMILES string of the molecule is COC(=O)c1nc(-c2ccnn2C)sc1C. The highest BCUT2D eigenvalue weighted by atomic mass is 32.1. The molecular formula is C10H11N3O2S. The van der Waals surface area contributed by atoms with E-state index in [4.69, 9.17) is 0 Å². The third kappa shape index (κ3) is 1.71. The minimum atomic E-state index is -0.401. The summed E-state index contributed by atoms with van der Waals surface area (Å²) in [5.41, 5.74) is 1.27. The van der Waals surface area contributed by atoms with E-state index in [9.17, 15) is 4.79 Å². The highest BCUT2D eigenvalue weighted by molar-refractivity contribution is 7.15. The molecule has 0 amide bonds. The van der Waals surface area contributed by atoms with Crippen molar-refractivity contribution in [3.63, 3.8) is 0 Å². The maximum absolute atomic E-state index is 11.4. The van der Waals surface area contributed by atoms with Crippen molar-refractivity contribution in [3.8, 4) is 10.7 Å². The second-order valence-electron chi connectivity index (χ2n) is 3.26. The highest BCUT2D eigenvalue weighted by Crippen LogP contribution is 2.27. The first-order valence-corrected chi connectivity index (χ1v) is 5.49. The lowest BCUT2D eigenvalue weighted by Gasteiger charge is -1.95. The number of esters is 1. The molecule has 84 valence electrons. The van der Waals surface area contributed by atoms with Crippen LogP contribution < -0.4 is 0 Å². The number of aromatic nitrogens is 3. The van der Waals surface area contributed by atoms with E-state index in [1.165, 1.54) is 18.4 Å². The van der Waals surface area contributed by atoms with Gasteiger partial charge in [0.1, 0.15) is 5.01 Å². The zero-order chi connectivity index (χ0) is 11.7. The molecular weight excluding hydrogens is 226 g/mol. The summed E-state index contributed by atoms with van der Waals surface area (Å²) in [4.78, 5) is 16.5. The van der Waals surface area contributed by atoms with Crippen molar-refractivity contribution < 1.29 is 9.53 Å². The molecule has 0 aliphatic rings. The number of thiazole rings is 1. The second kappa shape index (κ2) is 4.05. The van der Waals surface area contributed by atoms with Crippen molar-refractivity contribution in [2.45, 2.75) is 6.92 Å². The number of carbonyl (C=O) groups excluding carboxylic acids is 1. The van der Waals surface area contributed by atoms with Gasteiger partial charge in [-0.15, -0.1) is 11.3 Å². The number of rotatable bonds is 2. The topological polar surface area (TPSA) is 57.0 Å². The molecule has 0 fully saturated rings. The first kappa shape index (κ1) is 10.8. The van der Waals surface area contributed by atoms with Crippen LogP contribution in [0.5, 0.6) is 0 Å². The highest BCUT2D eigenvalue weighted by Gasteiger charge is 2.17. The number of hydrogen-bond acceptors (Lipinski definition) is 5. The fraction of sp³-hybridized carbons (Fsp3) is 0.300. The van der Waals surface area contributed by atoms with E-state index in [-0.39, 0.29) is 0 Å². The molecule has 5 nitrogen and oxygen atoms in total. The largest absolute Gasteiger partial charge is 0.464 e. The summed E-state index contributed by atoms with van der Waals surface area (Å²) in [5.74, 6) is -0.401. The molecule has 16 heavy (non-hydrogen) atoms. The van der Waals surface area contributed by atoms with Crippen LogP contribution in [-0.4, -0.2) is 27.8 Å². The van der Waals surface area contributed by atoms with Crippen molar-refractivity contribution in [2.24, 2.45) is 7.05 Å². The Morgan fingerprint density at radius 1 is 1.56 bits per heavy atom. The zero-order valence-electron chi connectivity index (χ0n) is 9.22. The normalized spacial score (nSPS) is 10.4. The lowest BCUT2D eigenvalue weighted by molar-refractivity contribution is 0.0594. The van der Waals surface area contributed by atoms with Crippen molar-refractivity contribution in [3.05, 3.63) is 22.8 Å². The Hall–Kier alpha value is -1.69. The number of ether oxygens (including phenoxy) is 1. The molecule has 0 aromatic carbocycles. The maximum Gasteiger partial charge on any atom is 0.357 e. The zero-order valence-corrected chi connectivity index (χ0v) is 10.0. The predicted octanol–water partition coefficient (Wildman–Crippen LogP) is 1.64. The molecule has 6 heteroatoms. The molecule has 0 aliphatic carbocycles. The Morgan fingerprint density at radius 3 is 2.88 bits per heavy atom. The van der Waals surface area contributed by atoms with Gasteiger partial charge in [0.25, 0.3) is 0 Å². The van der Waals surface area contributed by atoms with E-state index >= 15 is 0 Å². The number of nitrogens with zero attached hydrogens (tertiary/aromatic N) is 3. The summed E-state index contributed by atoms with van der Waals surface area (Å²) in [5, 5.41) is 4.84. The molecule has 0 spiro atoms. The molecule has 0 radical (unpaired) electrons. The van der Waals surface area contributed by atoms with Crippen molar-refractivity contribution in [1.29, 1.82) is 0 Å². The van der Waals surface area contributed by atoms with Crippen LogP contribution in [0.4, 0.5) is 0 Å². The summed E-state index contributed by atoms with van der Waals surface area (Å²) in [6.45, 7) is 1.85. The fourth-order valence-corrected chi connectivity index (χ4v) is 2.33. The predicted molar refractivity (Wildman–Crippen MR) is 60.4 cm³/mol. The Labute approximate surface area is 96.7 Å². The van der Waals surface area contributed by atoms with Gasteiger partial charge in [0.2, 0.25) is 0 Å². The van der Waals surface area contributed by atoms with Crippen LogP contribution >= 0.6 is 11.3 Å². The molecule has 0 bridgehead atoms. The van der Waals surface area contributed by atoms with Gasteiger partial charge in [-0.3, -0.25) is 4.68 Å². The van der Waals surface area contributed by atoms with E-state index in [1.54, 1.807) is 10.9 Å². The summed E-state index contributed by atoms with van der Waals surface area (Å²) in [6.07, 6.45) is 1.70. The second-order valence-corrected chi connectivity index (χ2v) is 4.46. The van der Waals surface area contributed by atoms with Gasteiger partial charge in [0.15, 0.2) is 5.69 Å². The number of hydrogen-bond donors (Lipinski definition) is 0. The molecule has 0 aliphatic heterocycles. The lowest BCUT2D eigenvalue weighted by Crippen LogP contribution is -2.03. The van der Waals surface area contributed by atoms with Crippen molar-refractivity contribution >= 4 is 17.3 Å². The Bertz CT molecular complexity index is 530. The van der Waals surface area contributed by atoms with Gasteiger partial charge in [0.05, 0.1) is 12.8 Å². The van der Waals surface area contributed by atoms with Gasteiger partial charge in [-0.05, 0) is 13.0 Å². The first-order chi connectivity index (χ1) is 7.63. The van der Waals surface area contributed by atoms with Crippen LogP contribution in [0, 0.1) is 6.92 Å². The standard InChI is InChI=1S/C10H11N3O2S/c1-6-8(10(14)15-3)12-9(16-6)7-4-5-11-13(7)2/h4-5H,1-3H3. The van der Waals surface area contributed by atoms with Crippen LogP contribution in [0.1, 0.15) is 15.4 Å². The fourth-order valence-electron chi connectivity index (χ4n) is 1.38. The van der Waals surface area contributed by atoms with E-state index in [0.717, 1.165) is 15.6 Å². The van der Waals surface area contributed by atoms with Crippen molar-refractivity contribution in [1.82, 2.24) is 14.8 Å². The number of carbonyl (C=O) groups is 1. The minimum absolute atomic E-state index is 0.378. The van der Waals surface area contributed by atoms with E-state index in [1.807, 2.05) is 20.0 Å². The van der Waals surface area contributed by atoms with E-state index < -0.39 is 5.97 Å². The number of methoxy groups -OCH3 is 1. The van der Waals surface area contributed by atoms with Crippen LogP contribution in [0.2, 0.25) is 0 Å². The molecule has 2 rings (SSSR count). The summed E-state index contributed by atoms with van der Waals surface area (Å²) >= 11 is 1.46. The molecule has 0 unspecified atom stereocenters. The van der Waals surface area contributed by atoms with Gasteiger partial charge in [0, 0.05) is 18.1 Å².